The fraction of sp³-hybridized carbons (Fsp3) is 0.308. The van der Waals surface area contributed by atoms with Crippen LogP contribution < -0.4 is 5.32 Å². The maximum atomic E-state index is 12.0. The number of halogens is 2. The minimum Gasteiger partial charge on any atom is -0.380 e. The van der Waals surface area contributed by atoms with Gasteiger partial charge in [-0.1, -0.05) is 27.5 Å². The van der Waals surface area contributed by atoms with Crippen LogP contribution in [0.25, 0.3) is 10.9 Å². The van der Waals surface area contributed by atoms with Crippen molar-refractivity contribution in [3.8, 4) is 0 Å². The molecule has 2 rings (SSSR count). The maximum Gasteiger partial charge on any atom is 0.269 e. The minimum atomic E-state index is -0.225. The molecule has 0 aliphatic carbocycles. The number of hydrogen-bond acceptors (Lipinski definition) is 2. The first-order valence-electron chi connectivity index (χ1n) is 5.96. The second-order valence-corrected chi connectivity index (χ2v) is 5.25. The molecule has 0 aliphatic heterocycles. The van der Waals surface area contributed by atoms with E-state index in [1.807, 2.05) is 25.1 Å². The summed E-state index contributed by atoms with van der Waals surface area (Å²) in [6, 6.07) is 5.65. The normalized spacial score (nSPS) is 10.9. The van der Waals surface area contributed by atoms with Crippen molar-refractivity contribution in [2.45, 2.75) is 6.92 Å². The zero-order valence-electron chi connectivity index (χ0n) is 10.4. The number of H-pyrrole nitrogens is 1. The van der Waals surface area contributed by atoms with Crippen LogP contribution in [-0.4, -0.2) is 30.6 Å². The van der Waals surface area contributed by atoms with E-state index >= 15 is 0 Å². The van der Waals surface area contributed by atoms with Crippen molar-refractivity contribution >= 4 is 44.3 Å². The third kappa shape index (κ3) is 3.29. The molecule has 0 fully saturated rings. The zero-order chi connectivity index (χ0) is 13.8. The van der Waals surface area contributed by atoms with E-state index < -0.39 is 0 Å². The largest absolute Gasteiger partial charge is 0.380 e. The summed E-state index contributed by atoms with van der Waals surface area (Å²) in [5.41, 5.74) is 1.22. The van der Waals surface area contributed by atoms with Crippen molar-refractivity contribution in [3.05, 3.63) is 33.4 Å². The lowest BCUT2D eigenvalue weighted by Gasteiger charge is -2.04. The molecule has 2 aromatic rings. The van der Waals surface area contributed by atoms with E-state index in [1.165, 1.54) is 0 Å². The van der Waals surface area contributed by atoms with Crippen LogP contribution in [0, 0.1) is 0 Å². The molecule has 2 N–H and O–H groups in total. The lowest BCUT2D eigenvalue weighted by molar-refractivity contribution is 0.0918. The smallest absolute Gasteiger partial charge is 0.269 e. The molecule has 0 radical (unpaired) electrons. The van der Waals surface area contributed by atoms with Crippen molar-refractivity contribution in [2.24, 2.45) is 0 Å². The fourth-order valence-electron chi connectivity index (χ4n) is 1.76. The van der Waals surface area contributed by atoms with Gasteiger partial charge in [-0.3, -0.25) is 4.79 Å². The van der Waals surface area contributed by atoms with Crippen molar-refractivity contribution in [1.82, 2.24) is 10.3 Å². The van der Waals surface area contributed by atoms with E-state index in [0.717, 1.165) is 15.4 Å². The van der Waals surface area contributed by atoms with Crippen LogP contribution in [0.15, 0.2) is 22.7 Å². The molecule has 0 atom stereocenters. The van der Waals surface area contributed by atoms with Gasteiger partial charge in [0.2, 0.25) is 0 Å². The molecule has 0 unspecified atom stereocenters. The lowest BCUT2D eigenvalue weighted by atomic mass is 10.2. The fourth-order valence-corrected chi connectivity index (χ4v) is 2.41. The van der Waals surface area contributed by atoms with Gasteiger partial charge >= 0.3 is 0 Å². The van der Waals surface area contributed by atoms with Crippen LogP contribution in [0.3, 0.4) is 0 Å². The Hall–Kier alpha value is -1.04. The molecule has 0 aliphatic rings. The Morgan fingerprint density at radius 1 is 1.53 bits per heavy atom. The molecule has 4 nitrogen and oxygen atoms in total. The molecule has 102 valence electrons. The van der Waals surface area contributed by atoms with Crippen LogP contribution in [-0.2, 0) is 4.74 Å². The molecule has 0 saturated heterocycles. The number of ether oxygens (including phenoxy) is 1. The minimum absolute atomic E-state index is 0.225. The molecule has 1 amide bonds. The van der Waals surface area contributed by atoms with Gasteiger partial charge in [-0.2, -0.15) is 0 Å². The molecular formula is C13H14BrClN2O2. The van der Waals surface area contributed by atoms with Gasteiger partial charge in [0, 0.05) is 28.5 Å². The summed E-state index contributed by atoms with van der Waals surface area (Å²) in [4.78, 5) is 15.0. The van der Waals surface area contributed by atoms with Gasteiger partial charge in [-0.05, 0) is 25.1 Å². The lowest BCUT2D eigenvalue weighted by Crippen LogP contribution is -2.27. The van der Waals surface area contributed by atoms with Crippen LogP contribution in [0.2, 0.25) is 5.02 Å². The maximum absolute atomic E-state index is 12.0. The Morgan fingerprint density at radius 3 is 3.05 bits per heavy atom. The molecular weight excluding hydrogens is 332 g/mol. The number of carbonyl (C=O) groups excluding carboxylic acids is 1. The number of fused-ring (bicyclic) bond motifs is 1. The number of benzene rings is 1. The first-order chi connectivity index (χ1) is 9.13. The number of hydrogen-bond donors (Lipinski definition) is 2. The quantitative estimate of drug-likeness (QED) is 0.817. The molecule has 1 heterocycles. The van der Waals surface area contributed by atoms with Gasteiger partial charge in [0.15, 0.2) is 0 Å². The van der Waals surface area contributed by atoms with Gasteiger partial charge in [0.1, 0.15) is 5.69 Å². The summed E-state index contributed by atoms with van der Waals surface area (Å²) in [6.45, 7) is 3.50. The Morgan fingerprint density at radius 2 is 2.32 bits per heavy atom. The summed E-state index contributed by atoms with van der Waals surface area (Å²) in [5.74, 6) is -0.225. The standard InChI is InChI=1S/C13H14BrClN2O2/c1-2-19-6-5-16-13(18)12-11(15)9-7-8(14)3-4-10(9)17-12/h3-4,7,17H,2,5-6H2,1H3,(H,16,18). The van der Waals surface area contributed by atoms with Gasteiger partial charge in [0.25, 0.3) is 5.91 Å². The molecule has 0 saturated carbocycles. The van der Waals surface area contributed by atoms with Gasteiger partial charge in [0.05, 0.1) is 11.6 Å². The third-order valence-electron chi connectivity index (χ3n) is 2.66. The van der Waals surface area contributed by atoms with Crippen molar-refractivity contribution < 1.29 is 9.53 Å². The van der Waals surface area contributed by atoms with Gasteiger partial charge < -0.3 is 15.0 Å². The number of rotatable bonds is 5. The highest BCUT2D eigenvalue weighted by Gasteiger charge is 2.16. The Bertz CT molecular complexity index is 598. The Kier molecular flexibility index (Phi) is 4.85. The van der Waals surface area contributed by atoms with Crippen molar-refractivity contribution in [2.75, 3.05) is 19.8 Å². The summed E-state index contributed by atoms with van der Waals surface area (Å²) in [5, 5.41) is 4.02. The molecule has 0 bridgehead atoms. The summed E-state index contributed by atoms with van der Waals surface area (Å²) < 4.78 is 6.08. The SMILES string of the molecule is CCOCCNC(=O)c1[nH]c2ccc(Br)cc2c1Cl. The first-order valence-corrected chi connectivity index (χ1v) is 7.13. The van der Waals surface area contributed by atoms with E-state index in [9.17, 15) is 4.79 Å². The average molecular weight is 346 g/mol. The van der Waals surface area contributed by atoms with Crippen LogP contribution in [0.1, 0.15) is 17.4 Å². The number of amides is 1. The first kappa shape index (κ1) is 14.4. The number of carbonyl (C=O) groups is 1. The predicted octanol–water partition coefficient (Wildman–Crippen LogP) is 3.35. The summed E-state index contributed by atoms with van der Waals surface area (Å²) in [6.07, 6.45) is 0. The van der Waals surface area contributed by atoms with E-state index in [2.05, 4.69) is 26.2 Å². The van der Waals surface area contributed by atoms with E-state index in [4.69, 9.17) is 16.3 Å². The second-order valence-electron chi connectivity index (χ2n) is 3.96. The number of nitrogens with one attached hydrogen (secondary N) is 2. The van der Waals surface area contributed by atoms with E-state index in [0.29, 0.717) is 30.5 Å². The molecule has 0 spiro atoms. The average Bonchev–Trinajstić information content (AvgIpc) is 2.72. The van der Waals surface area contributed by atoms with Gasteiger partial charge in [-0.25, -0.2) is 0 Å². The Labute approximate surface area is 124 Å². The zero-order valence-corrected chi connectivity index (χ0v) is 12.8. The van der Waals surface area contributed by atoms with E-state index in [-0.39, 0.29) is 5.91 Å². The molecule has 19 heavy (non-hydrogen) atoms. The van der Waals surface area contributed by atoms with Crippen LogP contribution in [0.5, 0.6) is 0 Å². The second kappa shape index (κ2) is 6.41. The van der Waals surface area contributed by atoms with Crippen LogP contribution >= 0.6 is 27.5 Å². The number of aromatic amines is 1. The summed E-state index contributed by atoms with van der Waals surface area (Å²) in [7, 11) is 0. The third-order valence-corrected chi connectivity index (χ3v) is 3.55. The highest BCUT2D eigenvalue weighted by Crippen LogP contribution is 2.29. The topological polar surface area (TPSA) is 54.1 Å². The molecule has 6 heteroatoms. The highest BCUT2D eigenvalue weighted by molar-refractivity contribution is 9.10. The molecule has 1 aromatic heterocycles. The summed E-state index contributed by atoms with van der Waals surface area (Å²) >= 11 is 9.60. The van der Waals surface area contributed by atoms with E-state index in [1.54, 1.807) is 0 Å². The van der Waals surface area contributed by atoms with Gasteiger partial charge in [-0.15, -0.1) is 0 Å². The predicted molar refractivity (Wildman–Crippen MR) is 79.8 cm³/mol. The van der Waals surface area contributed by atoms with Crippen molar-refractivity contribution in [1.29, 1.82) is 0 Å². The monoisotopic (exact) mass is 344 g/mol. The highest BCUT2D eigenvalue weighted by atomic mass is 79.9. The number of aromatic nitrogens is 1. The van der Waals surface area contributed by atoms with Crippen LogP contribution in [0.4, 0.5) is 0 Å². The van der Waals surface area contributed by atoms with Crippen molar-refractivity contribution in [3.63, 3.8) is 0 Å². The molecule has 1 aromatic carbocycles. The Balaban J connectivity index is 2.16.